The zero-order valence-corrected chi connectivity index (χ0v) is 12.6. The minimum absolute atomic E-state index is 0.266. The number of carboxylic acids is 1. The van der Waals surface area contributed by atoms with Crippen molar-refractivity contribution in [3.8, 4) is 0 Å². The normalized spacial score (nSPS) is 20.2. The second kappa shape index (κ2) is 6.60. The molecule has 0 spiro atoms. The number of aliphatic carboxylic acids is 1. The highest BCUT2D eigenvalue weighted by Gasteiger charge is 2.46. The first-order chi connectivity index (χ1) is 10.7. The van der Waals surface area contributed by atoms with E-state index in [4.69, 9.17) is 5.11 Å². The van der Waals surface area contributed by atoms with E-state index in [0.717, 1.165) is 12.1 Å². The van der Waals surface area contributed by atoms with E-state index in [2.05, 4.69) is 0 Å². The number of nitrogens with zero attached hydrogens (tertiary/aromatic N) is 1. The number of carbonyl (C=O) groups excluding carboxylic acids is 1. The molecule has 4 nitrogen and oxygen atoms in total. The van der Waals surface area contributed by atoms with Crippen LogP contribution in [0.4, 0.5) is 13.2 Å². The zero-order chi connectivity index (χ0) is 17.2. The molecule has 23 heavy (non-hydrogen) atoms. The first-order valence-corrected chi connectivity index (χ1v) is 7.41. The minimum atomic E-state index is -4.41. The van der Waals surface area contributed by atoms with Gasteiger partial charge in [0.15, 0.2) is 0 Å². The summed E-state index contributed by atoms with van der Waals surface area (Å²) in [6, 6.07) is 4.98. The van der Waals surface area contributed by atoms with Crippen LogP contribution >= 0.6 is 0 Å². The van der Waals surface area contributed by atoms with Crippen molar-refractivity contribution in [2.24, 2.45) is 5.92 Å². The van der Waals surface area contributed by atoms with Crippen LogP contribution < -0.4 is 0 Å². The van der Waals surface area contributed by atoms with Gasteiger partial charge in [0.1, 0.15) is 6.54 Å². The molecule has 7 heteroatoms. The first kappa shape index (κ1) is 17.3. The number of carboxylic acid groups (broad SMARTS) is 1. The Bertz CT molecular complexity index is 600. The number of amides is 1. The van der Waals surface area contributed by atoms with Crippen molar-refractivity contribution in [1.29, 1.82) is 0 Å². The van der Waals surface area contributed by atoms with Gasteiger partial charge in [-0.2, -0.15) is 13.2 Å². The van der Waals surface area contributed by atoms with Gasteiger partial charge >= 0.3 is 12.1 Å². The van der Waals surface area contributed by atoms with Crippen LogP contribution in [0.2, 0.25) is 0 Å². The summed E-state index contributed by atoms with van der Waals surface area (Å²) < 4.78 is 38.2. The molecule has 1 fully saturated rings. The Labute approximate surface area is 131 Å². The van der Waals surface area contributed by atoms with Gasteiger partial charge in [0, 0.05) is 12.5 Å². The van der Waals surface area contributed by atoms with Crippen LogP contribution in [0.3, 0.4) is 0 Å². The van der Waals surface area contributed by atoms with Crippen LogP contribution in [0, 0.1) is 5.92 Å². The van der Waals surface area contributed by atoms with Gasteiger partial charge in [-0.1, -0.05) is 25.1 Å². The van der Waals surface area contributed by atoms with E-state index >= 15 is 0 Å². The Morgan fingerprint density at radius 3 is 2.61 bits per heavy atom. The van der Waals surface area contributed by atoms with Gasteiger partial charge in [-0.15, -0.1) is 0 Å². The highest BCUT2D eigenvalue weighted by atomic mass is 19.4. The lowest BCUT2D eigenvalue weighted by molar-refractivity contribution is -0.145. The summed E-state index contributed by atoms with van der Waals surface area (Å²) in [5.41, 5.74) is -0.256. The molecule has 126 valence electrons. The van der Waals surface area contributed by atoms with E-state index < -0.39 is 23.6 Å². The Kier molecular flexibility index (Phi) is 4.97. The third-order valence-electron chi connectivity index (χ3n) is 3.88. The summed E-state index contributed by atoms with van der Waals surface area (Å²) in [6.45, 7) is 1.79. The maximum Gasteiger partial charge on any atom is 0.416 e. The van der Waals surface area contributed by atoms with Gasteiger partial charge in [-0.25, -0.2) is 0 Å². The van der Waals surface area contributed by atoms with Crippen LogP contribution in [0.25, 0.3) is 0 Å². The van der Waals surface area contributed by atoms with Gasteiger partial charge in [-0.3, -0.25) is 9.59 Å². The second-order valence-electron chi connectivity index (χ2n) is 5.73. The summed E-state index contributed by atoms with van der Waals surface area (Å²) in [7, 11) is 0. The Morgan fingerprint density at radius 1 is 1.35 bits per heavy atom. The van der Waals surface area contributed by atoms with E-state index in [1.54, 1.807) is 6.07 Å². The monoisotopic (exact) mass is 329 g/mol. The van der Waals surface area contributed by atoms with Crippen LogP contribution in [-0.2, 0) is 15.8 Å². The molecule has 1 aromatic carbocycles. The summed E-state index contributed by atoms with van der Waals surface area (Å²) in [4.78, 5) is 24.4. The molecule has 1 aromatic rings. The van der Waals surface area contributed by atoms with Crippen molar-refractivity contribution < 1.29 is 27.9 Å². The molecular formula is C16H18F3NO3. The number of hydrogen-bond donors (Lipinski definition) is 1. The number of rotatable bonds is 6. The highest BCUT2D eigenvalue weighted by molar-refractivity contribution is 5.86. The maximum absolute atomic E-state index is 12.7. The highest BCUT2D eigenvalue weighted by Crippen LogP contribution is 2.49. The summed E-state index contributed by atoms with van der Waals surface area (Å²) >= 11 is 0. The van der Waals surface area contributed by atoms with E-state index in [-0.39, 0.29) is 18.4 Å². The fourth-order valence-electron chi connectivity index (χ4n) is 2.72. The van der Waals surface area contributed by atoms with Crippen molar-refractivity contribution in [1.82, 2.24) is 4.90 Å². The van der Waals surface area contributed by atoms with Crippen LogP contribution in [0.15, 0.2) is 24.3 Å². The van der Waals surface area contributed by atoms with E-state index in [1.807, 2.05) is 6.92 Å². The summed E-state index contributed by atoms with van der Waals surface area (Å²) in [5, 5.41) is 8.85. The van der Waals surface area contributed by atoms with Crippen LogP contribution in [0.5, 0.6) is 0 Å². The second-order valence-corrected chi connectivity index (χ2v) is 5.73. The summed E-state index contributed by atoms with van der Waals surface area (Å²) in [6.07, 6.45) is -3.33. The lowest BCUT2D eigenvalue weighted by Gasteiger charge is -2.20. The van der Waals surface area contributed by atoms with E-state index in [0.29, 0.717) is 24.9 Å². The molecule has 0 bridgehead atoms. The standard InChI is InChI=1S/C16H18F3NO3/c1-2-6-20(9-14(21)22)15(23)13-8-12(13)10-4-3-5-11(7-10)16(17,18)19/h3-5,7,12-13H,2,6,8-9H2,1H3,(H,21,22). The molecule has 1 N–H and O–H groups in total. The largest absolute Gasteiger partial charge is 0.480 e. The molecule has 0 aliphatic heterocycles. The average molecular weight is 329 g/mol. The molecule has 0 saturated heterocycles. The smallest absolute Gasteiger partial charge is 0.416 e. The van der Waals surface area contributed by atoms with Gasteiger partial charge < -0.3 is 10.0 Å². The van der Waals surface area contributed by atoms with Crippen molar-refractivity contribution >= 4 is 11.9 Å². The third-order valence-corrected chi connectivity index (χ3v) is 3.88. The molecular weight excluding hydrogens is 311 g/mol. The predicted octanol–water partition coefficient (Wildman–Crippen LogP) is 3.13. The van der Waals surface area contributed by atoms with Gasteiger partial charge in [0.05, 0.1) is 5.56 Å². The quantitative estimate of drug-likeness (QED) is 0.872. The lowest BCUT2D eigenvalue weighted by Crippen LogP contribution is -2.37. The van der Waals surface area contributed by atoms with Gasteiger partial charge in [0.2, 0.25) is 5.91 Å². The molecule has 1 amide bonds. The van der Waals surface area contributed by atoms with Crippen molar-refractivity contribution in [2.45, 2.75) is 31.9 Å². The molecule has 2 unspecified atom stereocenters. The zero-order valence-electron chi connectivity index (χ0n) is 12.6. The Hall–Kier alpha value is -2.05. The molecule has 2 rings (SSSR count). The maximum atomic E-state index is 12.7. The first-order valence-electron chi connectivity index (χ1n) is 7.41. The van der Waals surface area contributed by atoms with Gasteiger partial charge in [0.25, 0.3) is 0 Å². The van der Waals surface area contributed by atoms with Crippen molar-refractivity contribution in [3.05, 3.63) is 35.4 Å². The fourth-order valence-corrected chi connectivity index (χ4v) is 2.72. The van der Waals surface area contributed by atoms with Crippen molar-refractivity contribution in [2.75, 3.05) is 13.1 Å². The van der Waals surface area contributed by atoms with E-state index in [1.165, 1.54) is 11.0 Å². The molecule has 1 aliphatic carbocycles. The van der Waals surface area contributed by atoms with Crippen molar-refractivity contribution in [3.63, 3.8) is 0 Å². The molecule has 0 heterocycles. The number of halogens is 3. The number of carbonyl (C=O) groups is 2. The number of benzene rings is 1. The van der Waals surface area contributed by atoms with Crippen LogP contribution in [0.1, 0.15) is 36.8 Å². The molecule has 1 aliphatic rings. The van der Waals surface area contributed by atoms with Crippen LogP contribution in [-0.4, -0.2) is 35.0 Å². The number of hydrogen-bond acceptors (Lipinski definition) is 2. The molecule has 2 atom stereocenters. The summed E-state index contributed by atoms with van der Waals surface area (Å²) in [5.74, 6) is -2.08. The molecule has 0 radical (unpaired) electrons. The van der Waals surface area contributed by atoms with Gasteiger partial charge in [-0.05, 0) is 30.4 Å². The SMILES string of the molecule is CCCN(CC(=O)O)C(=O)C1CC1c1cccc(C(F)(F)F)c1. The molecule has 0 aromatic heterocycles. The number of alkyl halides is 3. The lowest BCUT2D eigenvalue weighted by atomic mass is 10.0. The minimum Gasteiger partial charge on any atom is -0.480 e. The predicted molar refractivity (Wildman–Crippen MR) is 76.8 cm³/mol. The van der Waals surface area contributed by atoms with E-state index in [9.17, 15) is 22.8 Å². The topological polar surface area (TPSA) is 57.6 Å². The average Bonchev–Trinajstić information content (AvgIpc) is 3.25. The Morgan fingerprint density at radius 2 is 2.04 bits per heavy atom. The molecule has 1 saturated carbocycles. The fraction of sp³-hybridized carbons (Fsp3) is 0.500. The Balaban J connectivity index is 2.09. The third kappa shape index (κ3) is 4.24.